The van der Waals surface area contributed by atoms with Gasteiger partial charge in [0.25, 0.3) is 0 Å². The number of hydrogen-bond donors (Lipinski definition) is 1. The van der Waals surface area contributed by atoms with Crippen molar-refractivity contribution in [2.45, 2.75) is 18.1 Å². The second kappa shape index (κ2) is 8.15. The van der Waals surface area contributed by atoms with Gasteiger partial charge in [-0.3, -0.25) is 9.18 Å². The molecular weight excluding hydrogens is 448 g/mol. The molecule has 2 fully saturated rings. The van der Waals surface area contributed by atoms with Crippen LogP contribution >= 0.6 is 0 Å². The standard InChI is InChI=1S/C22H22F4N2O3S/c1-32(30,31)27-11-19-13(10-23)12-28(19)21(29)16-9-22(16,26)15-6-3-2-5-14(15)20-17(24)7-4-8-18(20)25/h2-8,13,16,19,27H,9-12H2,1H3/t13-,16+,19+,22-/m1/s1. The number of hydrogen-bond acceptors (Lipinski definition) is 3. The van der Waals surface area contributed by atoms with Gasteiger partial charge in [0, 0.05) is 25.4 Å². The highest BCUT2D eigenvalue weighted by Crippen LogP contribution is 2.59. The number of alkyl halides is 2. The molecule has 0 spiro atoms. The Morgan fingerprint density at radius 2 is 1.81 bits per heavy atom. The fraction of sp³-hybridized carbons (Fsp3) is 0.409. The lowest BCUT2D eigenvalue weighted by Gasteiger charge is -2.47. The average molecular weight is 470 g/mol. The monoisotopic (exact) mass is 470 g/mol. The Kier molecular flexibility index (Phi) is 5.79. The zero-order valence-electron chi connectivity index (χ0n) is 17.2. The fourth-order valence-corrected chi connectivity index (χ4v) is 4.86. The van der Waals surface area contributed by atoms with Gasteiger partial charge in [-0.1, -0.05) is 30.3 Å². The topological polar surface area (TPSA) is 66.5 Å². The van der Waals surface area contributed by atoms with Crippen LogP contribution in [0.5, 0.6) is 0 Å². The van der Waals surface area contributed by atoms with Gasteiger partial charge >= 0.3 is 0 Å². The van der Waals surface area contributed by atoms with Crippen molar-refractivity contribution in [2.24, 2.45) is 11.8 Å². The van der Waals surface area contributed by atoms with Gasteiger partial charge in [0.05, 0.1) is 30.5 Å². The Morgan fingerprint density at radius 3 is 2.44 bits per heavy atom. The first-order chi connectivity index (χ1) is 15.1. The van der Waals surface area contributed by atoms with E-state index in [4.69, 9.17) is 0 Å². The minimum Gasteiger partial charge on any atom is -0.337 e. The van der Waals surface area contributed by atoms with Crippen LogP contribution in [0.3, 0.4) is 0 Å². The van der Waals surface area contributed by atoms with Gasteiger partial charge in [-0.25, -0.2) is 26.3 Å². The van der Waals surface area contributed by atoms with Crippen molar-refractivity contribution in [1.82, 2.24) is 9.62 Å². The first kappa shape index (κ1) is 22.7. The summed E-state index contributed by atoms with van der Waals surface area (Å²) in [5.41, 5.74) is -2.45. The summed E-state index contributed by atoms with van der Waals surface area (Å²) in [6, 6.07) is 8.50. The van der Waals surface area contributed by atoms with Crippen molar-refractivity contribution >= 4 is 15.9 Å². The molecule has 1 aliphatic heterocycles. The first-order valence-electron chi connectivity index (χ1n) is 10.1. The molecule has 1 saturated carbocycles. The van der Waals surface area contributed by atoms with Crippen LogP contribution < -0.4 is 4.72 Å². The van der Waals surface area contributed by atoms with Crippen LogP contribution in [0, 0.1) is 23.5 Å². The number of nitrogens with zero attached hydrogens (tertiary/aromatic N) is 1. The van der Waals surface area contributed by atoms with E-state index in [0.717, 1.165) is 18.4 Å². The molecule has 2 aliphatic rings. The zero-order chi connectivity index (χ0) is 23.3. The maximum Gasteiger partial charge on any atom is 0.229 e. The van der Waals surface area contributed by atoms with Crippen LogP contribution in [0.4, 0.5) is 17.6 Å². The number of likely N-dealkylation sites (tertiary alicyclic amines) is 1. The molecule has 0 unspecified atom stereocenters. The summed E-state index contributed by atoms with van der Waals surface area (Å²) in [5, 5.41) is 0. The molecule has 1 aliphatic carbocycles. The van der Waals surface area contributed by atoms with Gasteiger partial charge in [-0.15, -0.1) is 0 Å². The molecule has 5 nitrogen and oxygen atoms in total. The smallest absolute Gasteiger partial charge is 0.229 e. The minimum atomic E-state index is -3.55. The van der Waals surface area contributed by atoms with Crippen LogP contribution in [0.25, 0.3) is 11.1 Å². The number of halogens is 4. The quantitative estimate of drug-likeness (QED) is 0.633. The lowest BCUT2D eigenvalue weighted by atomic mass is 9.88. The highest BCUT2D eigenvalue weighted by Gasteiger charge is 2.64. The number of sulfonamides is 1. The molecule has 1 N–H and O–H groups in total. The molecule has 0 radical (unpaired) electrons. The molecule has 0 bridgehead atoms. The van der Waals surface area contributed by atoms with E-state index in [2.05, 4.69) is 4.72 Å². The molecule has 10 heteroatoms. The van der Waals surface area contributed by atoms with Gasteiger partial charge in [-0.05, 0) is 23.3 Å². The largest absolute Gasteiger partial charge is 0.337 e. The van der Waals surface area contributed by atoms with Gasteiger partial charge in [0.2, 0.25) is 15.9 Å². The van der Waals surface area contributed by atoms with E-state index in [1.165, 1.54) is 35.2 Å². The van der Waals surface area contributed by atoms with Crippen molar-refractivity contribution in [3.63, 3.8) is 0 Å². The third-order valence-electron chi connectivity index (χ3n) is 6.21. The number of benzene rings is 2. The normalized spacial score (nSPS) is 27.2. The Morgan fingerprint density at radius 1 is 1.16 bits per heavy atom. The van der Waals surface area contributed by atoms with Crippen molar-refractivity contribution in [2.75, 3.05) is 26.0 Å². The summed E-state index contributed by atoms with van der Waals surface area (Å²) in [7, 11) is -3.55. The van der Waals surface area contributed by atoms with Crippen molar-refractivity contribution in [3.05, 3.63) is 59.7 Å². The number of nitrogens with one attached hydrogen (secondary N) is 1. The Labute approximate surface area is 183 Å². The molecule has 2 aromatic rings. The van der Waals surface area contributed by atoms with E-state index >= 15 is 4.39 Å². The zero-order valence-corrected chi connectivity index (χ0v) is 18.0. The highest BCUT2D eigenvalue weighted by molar-refractivity contribution is 7.88. The molecule has 1 saturated heterocycles. The number of rotatable bonds is 7. The molecular formula is C22H22F4N2O3S. The highest BCUT2D eigenvalue weighted by atomic mass is 32.2. The second-order valence-corrected chi connectivity index (χ2v) is 10.2. The Bertz CT molecular complexity index is 1140. The number of amides is 1. The first-order valence-corrected chi connectivity index (χ1v) is 12.0. The third kappa shape index (κ3) is 4.01. The summed E-state index contributed by atoms with van der Waals surface area (Å²) >= 11 is 0. The maximum atomic E-state index is 15.9. The van der Waals surface area contributed by atoms with E-state index in [9.17, 15) is 26.4 Å². The second-order valence-electron chi connectivity index (χ2n) is 8.35. The van der Waals surface area contributed by atoms with Gasteiger partial charge in [-0.2, -0.15) is 0 Å². The lowest BCUT2D eigenvalue weighted by Crippen LogP contribution is -2.63. The molecule has 1 heterocycles. The summed E-state index contributed by atoms with van der Waals surface area (Å²) in [4.78, 5) is 14.3. The van der Waals surface area contributed by atoms with E-state index < -0.39 is 57.8 Å². The maximum absolute atomic E-state index is 15.9. The summed E-state index contributed by atoms with van der Waals surface area (Å²) < 4.78 is 82.9. The third-order valence-corrected chi connectivity index (χ3v) is 6.90. The predicted molar refractivity (Wildman–Crippen MR) is 110 cm³/mol. The summed E-state index contributed by atoms with van der Waals surface area (Å²) in [6.45, 7) is -0.843. The van der Waals surface area contributed by atoms with Gasteiger partial charge in [0.1, 0.15) is 17.3 Å². The van der Waals surface area contributed by atoms with Crippen molar-refractivity contribution < 1.29 is 30.8 Å². The molecule has 32 heavy (non-hydrogen) atoms. The van der Waals surface area contributed by atoms with Crippen LogP contribution in [-0.2, 0) is 20.5 Å². The summed E-state index contributed by atoms with van der Waals surface area (Å²) in [5.74, 6) is -3.89. The van der Waals surface area contributed by atoms with Crippen molar-refractivity contribution in [1.29, 1.82) is 0 Å². The molecule has 172 valence electrons. The van der Waals surface area contributed by atoms with Crippen LogP contribution in [0.1, 0.15) is 12.0 Å². The van der Waals surface area contributed by atoms with Gasteiger partial charge in [0.15, 0.2) is 0 Å². The molecule has 4 atom stereocenters. The van der Waals surface area contributed by atoms with Crippen molar-refractivity contribution in [3.8, 4) is 11.1 Å². The number of carbonyl (C=O) groups is 1. The average Bonchev–Trinajstić information content (AvgIpc) is 3.40. The van der Waals surface area contributed by atoms with E-state index in [1.807, 2.05) is 0 Å². The van der Waals surface area contributed by atoms with Crippen LogP contribution in [0.2, 0.25) is 0 Å². The molecule has 0 aromatic heterocycles. The molecule has 4 rings (SSSR count). The SMILES string of the molecule is CS(=O)(=O)NC[C@H]1[C@H](CF)CN1C(=O)[C@@H]1C[C@@]1(F)c1ccccc1-c1c(F)cccc1F. The predicted octanol–water partition coefficient (Wildman–Crippen LogP) is 3.16. The van der Waals surface area contributed by atoms with E-state index in [-0.39, 0.29) is 36.2 Å². The molecule has 2 aromatic carbocycles. The number of carbonyl (C=O) groups excluding carboxylic acids is 1. The van der Waals surface area contributed by atoms with Crippen LogP contribution in [0.15, 0.2) is 42.5 Å². The fourth-order valence-electron chi connectivity index (χ4n) is 4.38. The van der Waals surface area contributed by atoms with Crippen LogP contribution in [-0.4, -0.2) is 51.3 Å². The Balaban J connectivity index is 1.58. The summed E-state index contributed by atoms with van der Waals surface area (Å²) in [6.07, 6.45) is 0.774. The molecule has 1 amide bonds. The van der Waals surface area contributed by atoms with E-state index in [1.54, 1.807) is 0 Å². The minimum absolute atomic E-state index is 0.00993. The van der Waals surface area contributed by atoms with Gasteiger partial charge < -0.3 is 4.90 Å². The lowest BCUT2D eigenvalue weighted by molar-refractivity contribution is -0.146. The van der Waals surface area contributed by atoms with E-state index in [0.29, 0.717) is 0 Å². The Hall–Kier alpha value is -2.46.